The first kappa shape index (κ1) is 32.9. The molecule has 268 valence electrons. The predicted molar refractivity (Wildman–Crippen MR) is 235 cm³/mol. The van der Waals surface area contributed by atoms with Crippen molar-refractivity contribution < 1.29 is 0 Å². The van der Waals surface area contributed by atoms with Crippen molar-refractivity contribution in [2.75, 3.05) is 4.90 Å². The van der Waals surface area contributed by atoms with Crippen LogP contribution in [0.25, 0.3) is 55.6 Å². The van der Waals surface area contributed by atoms with E-state index in [2.05, 4.69) is 205 Å². The van der Waals surface area contributed by atoms with Gasteiger partial charge in [0, 0.05) is 22.4 Å². The van der Waals surface area contributed by atoms with Gasteiger partial charge in [0.15, 0.2) is 0 Å². The first-order valence-electron chi connectivity index (χ1n) is 20.3. The van der Waals surface area contributed by atoms with Gasteiger partial charge in [-0.25, -0.2) is 0 Å². The van der Waals surface area contributed by atoms with Gasteiger partial charge in [-0.15, -0.1) is 0 Å². The van der Waals surface area contributed by atoms with Crippen LogP contribution in [0.4, 0.5) is 17.1 Å². The van der Waals surface area contributed by atoms with Crippen molar-refractivity contribution in [1.29, 1.82) is 0 Å². The molecule has 0 heterocycles. The molecule has 56 heavy (non-hydrogen) atoms. The van der Waals surface area contributed by atoms with Crippen molar-refractivity contribution in [2.24, 2.45) is 11.8 Å². The molecule has 0 N–H and O–H groups in total. The zero-order valence-electron chi connectivity index (χ0n) is 31.5. The Morgan fingerprint density at radius 1 is 0.375 bits per heavy atom. The van der Waals surface area contributed by atoms with Crippen LogP contribution in [-0.4, -0.2) is 0 Å². The lowest BCUT2D eigenvalue weighted by molar-refractivity contribution is 0.327. The summed E-state index contributed by atoms with van der Waals surface area (Å²) in [6.07, 6.45) is 5.44. The molecular formula is C55H43N. The number of nitrogens with zero attached hydrogens (tertiary/aromatic N) is 1. The third-order valence-corrected chi connectivity index (χ3v) is 13.2. The molecule has 0 amide bonds. The van der Waals surface area contributed by atoms with E-state index in [1.165, 1.54) is 81.3 Å². The van der Waals surface area contributed by atoms with E-state index in [9.17, 15) is 0 Å². The van der Waals surface area contributed by atoms with Crippen LogP contribution in [0.3, 0.4) is 0 Å². The number of anilines is 3. The normalized spacial score (nSPS) is 18.9. The van der Waals surface area contributed by atoms with Crippen LogP contribution in [0.15, 0.2) is 200 Å². The van der Waals surface area contributed by atoms with Crippen molar-refractivity contribution in [2.45, 2.75) is 31.1 Å². The smallest absolute Gasteiger partial charge is 0.0540 e. The van der Waals surface area contributed by atoms with Gasteiger partial charge in [0.25, 0.3) is 0 Å². The summed E-state index contributed by atoms with van der Waals surface area (Å²) in [6, 6.07) is 74.0. The summed E-state index contributed by atoms with van der Waals surface area (Å²) in [7, 11) is 0. The molecule has 0 aromatic heterocycles. The zero-order valence-corrected chi connectivity index (χ0v) is 31.5. The Balaban J connectivity index is 1.03. The first-order chi connectivity index (χ1) is 27.7. The molecule has 2 bridgehead atoms. The van der Waals surface area contributed by atoms with Crippen molar-refractivity contribution in [3.05, 3.63) is 211 Å². The van der Waals surface area contributed by atoms with E-state index in [4.69, 9.17) is 0 Å². The maximum absolute atomic E-state index is 2.56. The van der Waals surface area contributed by atoms with Crippen LogP contribution >= 0.6 is 0 Å². The highest BCUT2D eigenvalue weighted by molar-refractivity contribution is 5.92. The molecule has 0 radical (unpaired) electrons. The first-order valence-corrected chi connectivity index (χ1v) is 20.3. The van der Waals surface area contributed by atoms with Crippen molar-refractivity contribution >= 4 is 17.1 Å². The molecule has 2 fully saturated rings. The number of hydrogen-bond acceptors (Lipinski definition) is 1. The van der Waals surface area contributed by atoms with E-state index in [0.29, 0.717) is 0 Å². The van der Waals surface area contributed by atoms with Gasteiger partial charge in [0.2, 0.25) is 0 Å². The Hall–Kier alpha value is -6.44. The highest BCUT2D eigenvalue weighted by Gasteiger charge is 2.56. The van der Waals surface area contributed by atoms with Crippen LogP contribution < -0.4 is 4.90 Å². The molecule has 11 rings (SSSR count). The molecule has 3 aliphatic carbocycles. The van der Waals surface area contributed by atoms with Gasteiger partial charge in [0.05, 0.1) is 5.69 Å². The predicted octanol–water partition coefficient (Wildman–Crippen LogP) is 14.9. The summed E-state index contributed by atoms with van der Waals surface area (Å²) in [4.78, 5) is 2.43. The summed E-state index contributed by atoms with van der Waals surface area (Å²) in [5, 5.41) is 0. The molecule has 3 atom stereocenters. The zero-order chi connectivity index (χ0) is 37.1. The lowest BCUT2D eigenvalue weighted by Gasteiger charge is -2.36. The minimum Gasteiger partial charge on any atom is -0.310 e. The van der Waals surface area contributed by atoms with E-state index >= 15 is 0 Å². The second-order valence-electron chi connectivity index (χ2n) is 16.1. The Kier molecular flexibility index (Phi) is 7.88. The molecule has 1 spiro atoms. The van der Waals surface area contributed by atoms with Gasteiger partial charge in [-0.05, 0) is 135 Å². The van der Waals surface area contributed by atoms with Gasteiger partial charge in [-0.3, -0.25) is 0 Å². The number of hydrogen-bond donors (Lipinski definition) is 0. The SMILES string of the molecule is c1ccc(-c2ccc(N(c3ccc(-c4ccc5c(c4)C4(CC6CCC4C6)c4ccccc4-5)cc3)c3ccc(-c4ccccc4)cc3-c3ccccc3)cc2)cc1. The van der Waals surface area contributed by atoms with Gasteiger partial charge >= 0.3 is 0 Å². The molecule has 1 nitrogen and oxygen atoms in total. The average molecular weight is 718 g/mol. The topological polar surface area (TPSA) is 3.24 Å². The Bertz CT molecular complexity index is 2680. The third kappa shape index (κ3) is 5.37. The van der Waals surface area contributed by atoms with E-state index < -0.39 is 0 Å². The van der Waals surface area contributed by atoms with Crippen LogP contribution in [0.5, 0.6) is 0 Å². The molecule has 3 aliphatic rings. The number of rotatable bonds is 7. The fourth-order valence-corrected chi connectivity index (χ4v) is 10.6. The summed E-state index contributed by atoms with van der Waals surface area (Å²) < 4.78 is 0. The summed E-state index contributed by atoms with van der Waals surface area (Å²) in [5.74, 6) is 1.61. The summed E-state index contributed by atoms with van der Waals surface area (Å²) in [6.45, 7) is 0. The van der Waals surface area contributed by atoms with E-state index in [-0.39, 0.29) is 5.41 Å². The van der Waals surface area contributed by atoms with Crippen LogP contribution in [0, 0.1) is 11.8 Å². The van der Waals surface area contributed by atoms with Gasteiger partial charge in [-0.1, -0.05) is 164 Å². The second kappa shape index (κ2) is 13.4. The van der Waals surface area contributed by atoms with E-state index in [1.54, 1.807) is 11.1 Å². The molecule has 2 saturated carbocycles. The Morgan fingerprint density at radius 3 is 1.50 bits per heavy atom. The minimum absolute atomic E-state index is 0.174. The second-order valence-corrected chi connectivity index (χ2v) is 16.1. The largest absolute Gasteiger partial charge is 0.310 e. The summed E-state index contributed by atoms with van der Waals surface area (Å²) in [5.41, 5.74) is 19.4. The highest BCUT2D eigenvalue weighted by Crippen LogP contribution is 2.65. The highest BCUT2D eigenvalue weighted by atomic mass is 15.1. The molecule has 3 unspecified atom stereocenters. The average Bonchev–Trinajstić information content (AvgIpc) is 3.98. The summed E-state index contributed by atoms with van der Waals surface area (Å²) >= 11 is 0. The lowest BCUT2D eigenvalue weighted by Crippen LogP contribution is -2.31. The van der Waals surface area contributed by atoms with Gasteiger partial charge in [0.1, 0.15) is 0 Å². The monoisotopic (exact) mass is 717 g/mol. The van der Waals surface area contributed by atoms with Crippen LogP contribution in [0.1, 0.15) is 36.8 Å². The van der Waals surface area contributed by atoms with E-state index in [0.717, 1.165) is 28.9 Å². The molecule has 1 heteroatoms. The van der Waals surface area contributed by atoms with Crippen molar-refractivity contribution in [3.63, 3.8) is 0 Å². The maximum Gasteiger partial charge on any atom is 0.0540 e. The lowest BCUT2D eigenvalue weighted by atomic mass is 9.66. The molecular weight excluding hydrogens is 675 g/mol. The van der Waals surface area contributed by atoms with Crippen LogP contribution in [-0.2, 0) is 5.41 Å². The molecule has 8 aromatic carbocycles. The molecule has 8 aromatic rings. The maximum atomic E-state index is 2.56. The van der Waals surface area contributed by atoms with Crippen LogP contribution in [0.2, 0.25) is 0 Å². The van der Waals surface area contributed by atoms with Crippen molar-refractivity contribution in [3.8, 4) is 55.6 Å². The number of benzene rings is 8. The Labute approximate surface area is 330 Å². The van der Waals surface area contributed by atoms with E-state index in [1.807, 2.05) is 0 Å². The molecule has 0 saturated heterocycles. The van der Waals surface area contributed by atoms with Gasteiger partial charge in [-0.2, -0.15) is 0 Å². The van der Waals surface area contributed by atoms with Gasteiger partial charge < -0.3 is 4.90 Å². The third-order valence-electron chi connectivity index (χ3n) is 13.2. The fourth-order valence-electron chi connectivity index (χ4n) is 10.6. The standard InChI is InChI=1S/C55H43N/c1-4-12-39(13-5-1)41-21-28-47(29-22-41)56(54-33-26-44(40-14-6-2-7-15-40)35-51(54)43-16-8-3-9-17-43)48-30-23-42(24-31-48)45-25-32-50-49-18-10-11-19-52(49)55(53(50)36-45)37-38-20-27-46(55)34-38/h1-19,21-26,28-33,35-36,38,46H,20,27,34,37H2. The fraction of sp³-hybridized carbons (Fsp3) is 0.127. The molecule has 0 aliphatic heterocycles. The van der Waals surface area contributed by atoms with Crippen molar-refractivity contribution in [1.82, 2.24) is 0 Å². The Morgan fingerprint density at radius 2 is 0.875 bits per heavy atom. The minimum atomic E-state index is 0.174. The quantitative estimate of drug-likeness (QED) is 0.159. The number of fused-ring (bicyclic) bond motifs is 8.